The lowest BCUT2D eigenvalue weighted by molar-refractivity contribution is 0.0665. The van der Waals surface area contributed by atoms with Crippen LogP contribution in [0.25, 0.3) is 6.08 Å². The number of benzene rings is 2. The number of methoxy groups -OCH3 is 1. The van der Waals surface area contributed by atoms with E-state index in [0.717, 1.165) is 11.1 Å². The molecule has 0 unspecified atom stereocenters. The summed E-state index contributed by atoms with van der Waals surface area (Å²) >= 11 is 0. The number of aromatic hydroxyl groups is 1. The molecule has 0 amide bonds. The molecule has 0 radical (unpaired) electrons. The van der Waals surface area contributed by atoms with E-state index in [2.05, 4.69) is 0 Å². The fourth-order valence-corrected chi connectivity index (χ4v) is 2.72. The number of aliphatic hydroxyl groups excluding tert-OH is 3. The molecule has 0 spiro atoms. The Morgan fingerprint density at radius 3 is 2.40 bits per heavy atom. The number of hydrogen-bond acceptors (Lipinski definition) is 5. The maximum Gasteiger partial charge on any atom is 0.122 e. The first-order valence-electron chi connectivity index (χ1n) is 8.11. The van der Waals surface area contributed by atoms with Gasteiger partial charge in [0.25, 0.3) is 0 Å². The van der Waals surface area contributed by atoms with Crippen LogP contribution in [0.3, 0.4) is 0 Å². The summed E-state index contributed by atoms with van der Waals surface area (Å²) in [6.07, 6.45) is 3.01. The van der Waals surface area contributed by atoms with Gasteiger partial charge < -0.3 is 25.2 Å². The third-order valence-electron chi connectivity index (χ3n) is 4.12. The minimum atomic E-state index is -0.857. The van der Waals surface area contributed by atoms with Crippen LogP contribution < -0.4 is 4.74 Å². The lowest BCUT2D eigenvalue weighted by Crippen LogP contribution is -2.19. The molecule has 0 fully saturated rings. The largest absolute Gasteiger partial charge is 0.508 e. The monoisotopic (exact) mass is 344 g/mol. The van der Waals surface area contributed by atoms with Crippen molar-refractivity contribution in [2.45, 2.75) is 12.5 Å². The molecular weight excluding hydrogens is 320 g/mol. The van der Waals surface area contributed by atoms with Crippen molar-refractivity contribution in [1.82, 2.24) is 0 Å². The van der Waals surface area contributed by atoms with Gasteiger partial charge in [-0.1, -0.05) is 36.4 Å². The predicted molar refractivity (Wildman–Crippen MR) is 96.5 cm³/mol. The van der Waals surface area contributed by atoms with Crippen LogP contribution in [0, 0.1) is 5.92 Å². The molecule has 2 rings (SSSR count). The van der Waals surface area contributed by atoms with E-state index in [4.69, 9.17) is 9.84 Å². The molecule has 0 aromatic heterocycles. The minimum Gasteiger partial charge on any atom is -0.508 e. The fraction of sp³-hybridized carbons (Fsp3) is 0.300. The van der Waals surface area contributed by atoms with Crippen molar-refractivity contribution >= 4 is 6.08 Å². The van der Waals surface area contributed by atoms with E-state index in [-0.39, 0.29) is 19.0 Å². The van der Waals surface area contributed by atoms with Crippen molar-refractivity contribution in [2.75, 3.05) is 20.3 Å². The Morgan fingerprint density at radius 2 is 1.80 bits per heavy atom. The van der Waals surface area contributed by atoms with Crippen LogP contribution in [-0.2, 0) is 6.42 Å². The second kappa shape index (κ2) is 9.22. The summed E-state index contributed by atoms with van der Waals surface area (Å²) < 4.78 is 5.42. The van der Waals surface area contributed by atoms with Crippen molar-refractivity contribution in [3.8, 4) is 11.5 Å². The van der Waals surface area contributed by atoms with Crippen molar-refractivity contribution in [1.29, 1.82) is 0 Å². The van der Waals surface area contributed by atoms with Crippen LogP contribution in [0.5, 0.6) is 11.5 Å². The normalized spacial score (nSPS) is 13.8. The highest BCUT2D eigenvalue weighted by Crippen LogP contribution is 2.30. The molecule has 134 valence electrons. The zero-order valence-electron chi connectivity index (χ0n) is 14.2. The lowest BCUT2D eigenvalue weighted by Gasteiger charge is -2.22. The molecule has 0 saturated carbocycles. The molecule has 5 heteroatoms. The molecule has 5 nitrogen and oxygen atoms in total. The van der Waals surface area contributed by atoms with E-state index < -0.39 is 12.0 Å². The van der Waals surface area contributed by atoms with Crippen molar-refractivity contribution in [3.63, 3.8) is 0 Å². The van der Waals surface area contributed by atoms with Crippen LogP contribution >= 0.6 is 0 Å². The Labute approximate surface area is 147 Å². The molecule has 0 aliphatic carbocycles. The van der Waals surface area contributed by atoms with Gasteiger partial charge in [0.1, 0.15) is 11.5 Å². The molecule has 0 heterocycles. The summed E-state index contributed by atoms with van der Waals surface area (Å²) in [4.78, 5) is 0. The van der Waals surface area contributed by atoms with Gasteiger partial charge in [0.05, 0.1) is 19.8 Å². The van der Waals surface area contributed by atoms with Gasteiger partial charge in [-0.25, -0.2) is 0 Å². The van der Waals surface area contributed by atoms with E-state index >= 15 is 0 Å². The molecule has 0 bridgehead atoms. The van der Waals surface area contributed by atoms with Gasteiger partial charge in [0.2, 0.25) is 0 Å². The Balaban J connectivity index is 2.20. The van der Waals surface area contributed by atoms with E-state index in [0.29, 0.717) is 17.7 Å². The third-order valence-corrected chi connectivity index (χ3v) is 4.12. The maximum absolute atomic E-state index is 10.5. The topological polar surface area (TPSA) is 90.2 Å². The standard InChI is InChI=1S/C20H24O5/c1-25-19-11-14(3-2-10-21)4-5-16(19)12-17(13-22)20(24)15-6-8-18(23)9-7-15/h2-9,11,17,20-24H,10,12-13H2,1H3/b3-2+/t17-,20+/m0/s1. The molecule has 2 aromatic rings. The Morgan fingerprint density at radius 1 is 1.08 bits per heavy atom. The van der Waals surface area contributed by atoms with Crippen LogP contribution in [0.1, 0.15) is 22.8 Å². The van der Waals surface area contributed by atoms with Gasteiger partial charge >= 0.3 is 0 Å². The fourth-order valence-electron chi connectivity index (χ4n) is 2.72. The smallest absolute Gasteiger partial charge is 0.122 e. The summed E-state index contributed by atoms with van der Waals surface area (Å²) in [5, 5.41) is 38.5. The zero-order valence-corrected chi connectivity index (χ0v) is 14.2. The molecule has 4 N–H and O–H groups in total. The number of phenols is 1. The number of rotatable bonds is 8. The minimum absolute atomic E-state index is 0.0323. The summed E-state index contributed by atoms with van der Waals surface area (Å²) in [7, 11) is 1.57. The van der Waals surface area contributed by atoms with Crippen LogP contribution in [0.2, 0.25) is 0 Å². The Hall–Kier alpha value is -2.34. The van der Waals surface area contributed by atoms with Crippen molar-refractivity contribution in [2.24, 2.45) is 5.92 Å². The van der Waals surface area contributed by atoms with Gasteiger partial charge in [-0.2, -0.15) is 0 Å². The summed E-state index contributed by atoms with van der Waals surface area (Å²) in [5.41, 5.74) is 2.41. The molecular formula is C20H24O5. The van der Waals surface area contributed by atoms with Crippen molar-refractivity contribution in [3.05, 3.63) is 65.2 Å². The van der Waals surface area contributed by atoms with Gasteiger partial charge in [0.15, 0.2) is 0 Å². The second-order valence-electron chi connectivity index (χ2n) is 5.84. The van der Waals surface area contributed by atoms with Crippen LogP contribution in [0.4, 0.5) is 0 Å². The third kappa shape index (κ3) is 5.06. The molecule has 0 aliphatic heterocycles. The van der Waals surface area contributed by atoms with E-state index in [9.17, 15) is 15.3 Å². The summed E-state index contributed by atoms with van der Waals surface area (Å²) in [5.74, 6) is 0.387. The quantitative estimate of drug-likeness (QED) is 0.590. The number of hydrogen-bond donors (Lipinski definition) is 4. The zero-order chi connectivity index (χ0) is 18.2. The lowest BCUT2D eigenvalue weighted by atomic mass is 9.89. The van der Waals surface area contributed by atoms with Crippen LogP contribution in [0.15, 0.2) is 48.5 Å². The summed E-state index contributed by atoms with van der Waals surface area (Å²) in [6, 6.07) is 11.9. The number of phenolic OH excluding ortho intramolecular Hbond substituents is 1. The number of aliphatic hydroxyl groups is 3. The molecule has 0 aliphatic rings. The van der Waals surface area contributed by atoms with Crippen molar-refractivity contribution < 1.29 is 25.2 Å². The Kier molecular flexibility index (Phi) is 7.01. The molecule has 0 saturated heterocycles. The maximum atomic E-state index is 10.5. The first-order valence-corrected chi connectivity index (χ1v) is 8.11. The summed E-state index contributed by atoms with van der Waals surface area (Å²) in [6.45, 7) is -0.215. The SMILES string of the molecule is COc1cc(/C=C/CO)ccc1C[C@@H](CO)[C@H](O)c1ccc(O)cc1. The Bertz CT molecular complexity index is 694. The first kappa shape index (κ1) is 19.0. The van der Waals surface area contributed by atoms with E-state index in [1.807, 2.05) is 18.2 Å². The van der Waals surface area contributed by atoms with Gasteiger partial charge in [-0.05, 0) is 41.3 Å². The highest BCUT2D eigenvalue weighted by molar-refractivity contribution is 5.54. The first-order chi connectivity index (χ1) is 12.1. The second-order valence-corrected chi connectivity index (χ2v) is 5.84. The molecule has 2 atom stereocenters. The van der Waals surface area contributed by atoms with Gasteiger partial charge in [-0.3, -0.25) is 0 Å². The van der Waals surface area contributed by atoms with E-state index in [1.165, 1.54) is 12.1 Å². The molecule has 25 heavy (non-hydrogen) atoms. The molecule has 2 aromatic carbocycles. The average Bonchev–Trinajstić information content (AvgIpc) is 2.64. The van der Waals surface area contributed by atoms with Gasteiger partial charge in [-0.15, -0.1) is 0 Å². The predicted octanol–water partition coefficient (Wildman–Crippen LogP) is 2.29. The van der Waals surface area contributed by atoms with E-state index in [1.54, 1.807) is 31.4 Å². The highest BCUT2D eigenvalue weighted by Gasteiger charge is 2.22. The average molecular weight is 344 g/mol. The number of ether oxygens (including phenoxy) is 1. The van der Waals surface area contributed by atoms with Crippen LogP contribution in [-0.4, -0.2) is 40.7 Å². The van der Waals surface area contributed by atoms with Gasteiger partial charge in [0, 0.05) is 12.5 Å². The highest BCUT2D eigenvalue weighted by atomic mass is 16.5.